The summed E-state index contributed by atoms with van der Waals surface area (Å²) >= 11 is 0. The predicted molar refractivity (Wildman–Crippen MR) is 139 cm³/mol. The molecule has 2 fully saturated rings. The van der Waals surface area contributed by atoms with Crippen molar-refractivity contribution in [3.05, 3.63) is 42.0 Å². The Bertz CT molecular complexity index is 1440. The van der Waals surface area contributed by atoms with E-state index in [0.29, 0.717) is 88.5 Å². The first-order valence-corrected chi connectivity index (χ1v) is 14.0. The molecule has 0 unspecified atom stereocenters. The van der Waals surface area contributed by atoms with Crippen molar-refractivity contribution < 1.29 is 17.5 Å². The Hall–Kier alpha value is -3.46. The largest absolute Gasteiger partial charge is 0.378 e. The van der Waals surface area contributed by atoms with Gasteiger partial charge in [0.1, 0.15) is 11.6 Å². The van der Waals surface area contributed by atoms with Crippen LogP contribution in [0.25, 0.3) is 11.3 Å². The standard InChI is InChI=1S/C24H28FN9O3S/c25-19-13-17(38(35,36)33-7-4-27-5-8-33)1-2-20(19)34-6-3-18-21(16-14-28-23(26)29-15-16)30-24(31-22(18)34)32-9-11-37-12-10-32/h1-2,13-15,27H,3-12H2,(H2,26,28,29). The molecule has 0 radical (unpaired) electrons. The molecule has 14 heteroatoms. The van der Waals surface area contributed by atoms with E-state index in [1.165, 1.54) is 16.4 Å². The minimum atomic E-state index is -3.79. The first-order chi connectivity index (χ1) is 18.4. The Kier molecular flexibility index (Phi) is 6.55. The number of benzene rings is 1. The molecule has 2 saturated heterocycles. The number of hydrogen-bond acceptors (Lipinski definition) is 11. The monoisotopic (exact) mass is 541 g/mol. The van der Waals surface area contributed by atoms with Crippen molar-refractivity contribution >= 4 is 33.4 Å². The normalized spacial score (nSPS) is 18.6. The van der Waals surface area contributed by atoms with E-state index in [1.807, 2.05) is 4.90 Å². The van der Waals surface area contributed by atoms with Crippen molar-refractivity contribution in [2.45, 2.75) is 11.3 Å². The minimum Gasteiger partial charge on any atom is -0.378 e. The van der Waals surface area contributed by atoms with Gasteiger partial charge in [-0.3, -0.25) is 0 Å². The van der Waals surface area contributed by atoms with Crippen molar-refractivity contribution in [1.82, 2.24) is 29.6 Å². The Morgan fingerprint density at radius 2 is 1.74 bits per heavy atom. The zero-order chi connectivity index (χ0) is 26.3. The van der Waals surface area contributed by atoms with E-state index in [-0.39, 0.29) is 16.5 Å². The molecule has 3 aromatic rings. The van der Waals surface area contributed by atoms with Gasteiger partial charge in [0.05, 0.1) is 29.5 Å². The number of anilines is 4. The second kappa shape index (κ2) is 10.0. The number of nitrogen functional groups attached to an aromatic ring is 1. The summed E-state index contributed by atoms with van der Waals surface area (Å²) in [5, 5.41) is 3.13. The fourth-order valence-corrected chi connectivity index (χ4v) is 6.44. The summed E-state index contributed by atoms with van der Waals surface area (Å²) in [4.78, 5) is 21.7. The summed E-state index contributed by atoms with van der Waals surface area (Å²) in [6.45, 7) is 4.67. The van der Waals surface area contributed by atoms with Gasteiger partial charge in [-0.05, 0) is 24.6 Å². The number of morpholine rings is 1. The van der Waals surface area contributed by atoms with E-state index in [9.17, 15) is 8.42 Å². The van der Waals surface area contributed by atoms with Crippen LogP contribution in [0.4, 0.5) is 27.8 Å². The molecule has 200 valence electrons. The highest BCUT2D eigenvalue weighted by Gasteiger charge is 2.32. The molecule has 5 heterocycles. The molecular formula is C24H28FN9O3S. The Labute approximate surface area is 219 Å². The highest BCUT2D eigenvalue weighted by Crippen LogP contribution is 2.40. The van der Waals surface area contributed by atoms with Crippen LogP contribution in [0, 0.1) is 5.82 Å². The van der Waals surface area contributed by atoms with Gasteiger partial charge in [-0.1, -0.05) is 0 Å². The number of nitrogens with zero attached hydrogens (tertiary/aromatic N) is 7. The number of fused-ring (bicyclic) bond motifs is 1. The average Bonchev–Trinajstić information content (AvgIpc) is 3.38. The van der Waals surface area contributed by atoms with Crippen molar-refractivity contribution in [2.75, 3.05) is 74.6 Å². The molecule has 3 aliphatic rings. The molecule has 1 aromatic carbocycles. The van der Waals surface area contributed by atoms with Gasteiger partial charge in [0.2, 0.25) is 21.9 Å². The van der Waals surface area contributed by atoms with Gasteiger partial charge in [-0.15, -0.1) is 0 Å². The third kappa shape index (κ3) is 4.53. The summed E-state index contributed by atoms with van der Waals surface area (Å²) < 4.78 is 48.6. The Morgan fingerprint density at radius 3 is 2.45 bits per heavy atom. The number of nitrogens with one attached hydrogen (secondary N) is 1. The zero-order valence-electron chi connectivity index (χ0n) is 20.7. The second-order valence-electron chi connectivity index (χ2n) is 9.27. The molecular weight excluding hydrogens is 513 g/mol. The van der Waals surface area contributed by atoms with Gasteiger partial charge < -0.3 is 25.6 Å². The van der Waals surface area contributed by atoms with E-state index >= 15 is 4.39 Å². The summed E-state index contributed by atoms with van der Waals surface area (Å²) in [6, 6.07) is 4.08. The van der Waals surface area contributed by atoms with Crippen LogP contribution in [-0.4, -0.2) is 91.7 Å². The summed E-state index contributed by atoms with van der Waals surface area (Å²) in [6.07, 6.45) is 3.80. The maximum absolute atomic E-state index is 15.6. The van der Waals surface area contributed by atoms with Crippen LogP contribution in [0.3, 0.4) is 0 Å². The molecule has 0 saturated carbocycles. The second-order valence-corrected chi connectivity index (χ2v) is 11.2. The van der Waals surface area contributed by atoms with Crippen molar-refractivity contribution in [2.24, 2.45) is 0 Å². The van der Waals surface area contributed by atoms with Gasteiger partial charge >= 0.3 is 0 Å². The van der Waals surface area contributed by atoms with Gasteiger partial charge in [-0.25, -0.2) is 27.8 Å². The molecule has 0 atom stereocenters. The third-order valence-electron chi connectivity index (χ3n) is 6.98. The maximum Gasteiger partial charge on any atom is 0.243 e. The maximum atomic E-state index is 15.6. The molecule has 0 bridgehead atoms. The molecule has 38 heavy (non-hydrogen) atoms. The molecule has 2 aromatic heterocycles. The number of halogens is 1. The van der Waals surface area contributed by atoms with Crippen LogP contribution in [0.1, 0.15) is 5.56 Å². The molecule has 6 rings (SSSR count). The third-order valence-corrected chi connectivity index (χ3v) is 8.87. The van der Waals surface area contributed by atoms with E-state index < -0.39 is 15.8 Å². The lowest BCUT2D eigenvalue weighted by molar-refractivity contribution is 0.122. The average molecular weight is 542 g/mol. The number of piperazine rings is 1. The van der Waals surface area contributed by atoms with Crippen LogP contribution in [0.15, 0.2) is 35.5 Å². The van der Waals surface area contributed by atoms with Crippen LogP contribution < -0.4 is 20.9 Å². The number of nitrogens with two attached hydrogens (primary N) is 1. The van der Waals surface area contributed by atoms with Crippen molar-refractivity contribution in [3.63, 3.8) is 0 Å². The highest BCUT2D eigenvalue weighted by molar-refractivity contribution is 7.89. The molecule has 12 nitrogen and oxygen atoms in total. The first kappa shape index (κ1) is 24.9. The zero-order valence-corrected chi connectivity index (χ0v) is 21.5. The SMILES string of the molecule is Nc1ncc(-c2nc(N3CCOCC3)nc3c2CCN3c2ccc(S(=O)(=O)N3CCNCC3)cc2F)cn1. The van der Waals surface area contributed by atoms with Gasteiger partial charge in [0.15, 0.2) is 0 Å². The van der Waals surface area contributed by atoms with Crippen LogP contribution in [0.2, 0.25) is 0 Å². The summed E-state index contributed by atoms with van der Waals surface area (Å²) in [7, 11) is -3.79. The molecule has 0 spiro atoms. The number of ether oxygens (including phenoxy) is 1. The predicted octanol–water partition coefficient (Wildman–Crippen LogP) is 0.780. The van der Waals surface area contributed by atoms with E-state index in [1.54, 1.807) is 17.3 Å². The van der Waals surface area contributed by atoms with Crippen LogP contribution in [0.5, 0.6) is 0 Å². The minimum absolute atomic E-state index is 0.0588. The van der Waals surface area contributed by atoms with Crippen LogP contribution >= 0.6 is 0 Å². The lowest BCUT2D eigenvalue weighted by Crippen LogP contribution is -2.46. The van der Waals surface area contributed by atoms with Gasteiger partial charge in [0.25, 0.3) is 0 Å². The van der Waals surface area contributed by atoms with E-state index in [2.05, 4.69) is 15.3 Å². The van der Waals surface area contributed by atoms with E-state index in [4.69, 9.17) is 20.4 Å². The summed E-state index contributed by atoms with van der Waals surface area (Å²) in [5.74, 6) is 0.611. The van der Waals surface area contributed by atoms with E-state index in [0.717, 1.165) is 11.6 Å². The molecule has 3 N–H and O–H groups in total. The van der Waals surface area contributed by atoms with Crippen molar-refractivity contribution in [1.29, 1.82) is 0 Å². The molecule has 0 aliphatic carbocycles. The Balaban J connectivity index is 1.39. The quantitative estimate of drug-likeness (QED) is 0.473. The Morgan fingerprint density at radius 1 is 1.00 bits per heavy atom. The first-order valence-electron chi connectivity index (χ1n) is 12.5. The number of rotatable bonds is 5. The van der Waals surface area contributed by atoms with Gasteiger partial charge in [0, 0.05) is 69.3 Å². The smallest absolute Gasteiger partial charge is 0.243 e. The van der Waals surface area contributed by atoms with Crippen molar-refractivity contribution in [3.8, 4) is 11.3 Å². The molecule has 3 aliphatic heterocycles. The number of aromatic nitrogens is 4. The fraction of sp³-hybridized carbons (Fsp3) is 0.417. The highest BCUT2D eigenvalue weighted by atomic mass is 32.2. The van der Waals surface area contributed by atoms with Crippen LogP contribution in [-0.2, 0) is 21.2 Å². The number of hydrogen-bond donors (Lipinski definition) is 2. The number of sulfonamides is 1. The lowest BCUT2D eigenvalue weighted by Gasteiger charge is -2.28. The topological polar surface area (TPSA) is 143 Å². The lowest BCUT2D eigenvalue weighted by atomic mass is 10.1. The summed E-state index contributed by atoms with van der Waals surface area (Å²) in [5.41, 5.74) is 8.14. The fourth-order valence-electron chi connectivity index (χ4n) is 4.98. The van der Waals surface area contributed by atoms with Gasteiger partial charge in [-0.2, -0.15) is 9.29 Å². The molecule has 0 amide bonds.